The molecule has 0 saturated carbocycles. The first kappa shape index (κ1) is 13.9. The Bertz CT molecular complexity index is 516. The number of nitrogens with zero attached hydrogens (tertiary/aromatic N) is 2. The Labute approximate surface area is 107 Å². The SMILES string of the molecule is CC/C(=N\Nc1ccc(Cl)c(C(=O)O)c1)[N+](=O)[O-]. The van der Waals surface area contributed by atoms with Crippen LogP contribution in [0.15, 0.2) is 23.3 Å². The van der Waals surface area contributed by atoms with Crippen molar-refractivity contribution in [2.24, 2.45) is 5.10 Å². The van der Waals surface area contributed by atoms with Crippen molar-refractivity contribution in [2.45, 2.75) is 13.3 Å². The summed E-state index contributed by atoms with van der Waals surface area (Å²) in [6, 6.07) is 4.10. The standard InChI is InChI=1S/C10H10ClN3O4/c1-2-9(14(17)18)13-12-6-3-4-8(11)7(5-6)10(15)16/h3-5,12H,2H2,1H3,(H,15,16)/b13-9+. The van der Waals surface area contributed by atoms with Gasteiger partial charge in [0, 0.05) is 0 Å². The maximum atomic E-state index is 10.8. The Morgan fingerprint density at radius 2 is 2.28 bits per heavy atom. The predicted octanol–water partition coefficient (Wildman–Crippen LogP) is 2.45. The molecule has 0 unspecified atom stereocenters. The Kier molecular flexibility index (Phi) is 4.61. The van der Waals surface area contributed by atoms with E-state index in [1.807, 2.05) is 0 Å². The van der Waals surface area contributed by atoms with Crippen molar-refractivity contribution in [3.8, 4) is 0 Å². The number of carboxylic acid groups (broad SMARTS) is 1. The van der Waals surface area contributed by atoms with Crippen molar-refractivity contribution in [1.82, 2.24) is 0 Å². The number of carboxylic acids is 1. The summed E-state index contributed by atoms with van der Waals surface area (Å²) < 4.78 is 0. The number of hydrogen-bond acceptors (Lipinski definition) is 5. The lowest BCUT2D eigenvalue weighted by Crippen LogP contribution is -2.12. The summed E-state index contributed by atoms with van der Waals surface area (Å²) in [6.45, 7) is 1.59. The molecule has 0 bridgehead atoms. The molecule has 0 heterocycles. The first-order chi connectivity index (χ1) is 8.45. The Hall–Kier alpha value is -2.15. The third kappa shape index (κ3) is 3.42. The van der Waals surface area contributed by atoms with Crippen LogP contribution in [-0.2, 0) is 0 Å². The third-order valence-corrected chi connectivity index (χ3v) is 2.37. The van der Waals surface area contributed by atoms with Crippen LogP contribution in [0.2, 0.25) is 5.02 Å². The number of carbonyl (C=O) groups is 1. The van der Waals surface area contributed by atoms with Crippen LogP contribution < -0.4 is 5.43 Å². The number of hydrogen-bond donors (Lipinski definition) is 2. The van der Waals surface area contributed by atoms with Crippen LogP contribution in [0.4, 0.5) is 5.69 Å². The maximum absolute atomic E-state index is 10.8. The van der Waals surface area contributed by atoms with Crippen LogP contribution in [0.1, 0.15) is 23.7 Å². The lowest BCUT2D eigenvalue weighted by atomic mass is 10.2. The summed E-state index contributed by atoms with van der Waals surface area (Å²) in [7, 11) is 0. The Balaban J connectivity index is 2.96. The highest BCUT2D eigenvalue weighted by Gasteiger charge is 2.12. The van der Waals surface area contributed by atoms with Gasteiger partial charge in [0.25, 0.3) is 0 Å². The molecule has 0 aliphatic carbocycles. The van der Waals surface area contributed by atoms with Crippen LogP contribution in [0, 0.1) is 10.1 Å². The molecule has 7 nitrogen and oxygen atoms in total. The Morgan fingerprint density at radius 3 is 2.78 bits per heavy atom. The molecule has 0 atom stereocenters. The zero-order valence-corrected chi connectivity index (χ0v) is 10.1. The molecule has 0 aliphatic heterocycles. The summed E-state index contributed by atoms with van der Waals surface area (Å²) in [6.07, 6.45) is 0.152. The third-order valence-electron chi connectivity index (χ3n) is 2.04. The number of halogens is 1. The highest BCUT2D eigenvalue weighted by molar-refractivity contribution is 6.33. The van der Waals surface area contributed by atoms with Crippen LogP contribution in [0.5, 0.6) is 0 Å². The van der Waals surface area contributed by atoms with Crippen molar-refractivity contribution < 1.29 is 14.8 Å². The van der Waals surface area contributed by atoms with Gasteiger partial charge in [-0.1, -0.05) is 18.5 Å². The van der Waals surface area contributed by atoms with E-state index in [4.69, 9.17) is 16.7 Å². The molecule has 0 radical (unpaired) electrons. The van der Waals surface area contributed by atoms with Gasteiger partial charge in [-0.05, 0) is 23.1 Å². The van der Waals surface area contributed by atoms with Gasteiger partial charge in [0.2, 0.25) is 0 Å². The van der Waals surface area contributed by atoms with Crippen molar-refractivity contribution in [1.29, 1.82) is 0 Å². The molecule has 18 heavy (non-hydrogen) atoms. The van der Waals surface area contributed by atoms with Gasteiger partial charge in [-0.3, -0.25) is 0 Å². The lowest BCUT2D eigenvalue weighted by Gasteiger charge is -2.01. The average molecular weight is 272 g/mol. The number of benzene rings is 1. The fourth-order valence-corrected chi connectivity index (χ4v) is 1.34. The van der Waals surface area contributed by atoms with Crippen molar-refractivity contribution in [3.05, 3.63) is 38.9 Å². The van der Waals surface area contributed by atoms with Crippen LogP contribution >= 0.6 is 11.6 Å². The molecule has 0 fully saturated rings. The minimum atomic E-state index is -1.18. The molecule has 0 aliphatic rings. The first-order valence-corrected chi connectivity index (χ1v) is 5.33. The highest BCUT2D eigenvalue weighted by atomic mass is 35.5. The molecular weight excluding hydrogens is 262 g/mol. The first-order valence-electron chi connectivity index (χ1n) is 4.95. The number of nitrogens with one attached hydrogen (secondary N) is 1. The fourth-order valence-electron chi connectivity index (χ4n) is 1.14. The van der Waals surface area contributed by atoms with Gasteiger partial charge in [-0.15, -0.1) is 0 Å². The van der Waals surface area contributed by atoms with Gasteiger partial charge in [-0.2, -0.15) is 5.43 Å². The number of amidine groups is 1. The molecule has 96 valence electrons. The highest BCUT2D eigenvalue weighted by Crippen LogP contribution is 2.20. The molecule has 0 saturated heterocycles. The lowest BCUT2D eigenvalue weighted by molar-refractivity contribution is -0.353. The van der Waals surface area contributed by atoms with E-state index < -0.39 is 10.9 Å². The number of anilines is 1. The topological polar surface area (TPSA) is 105 Å². The van der Waals surface area contributed by atoms with Crippen LogP contribution in [0.25, 0.3) is 0 Å². The zero-order valence-electron chi connectivity index (χ0n) is 9.38. The van der Waals surface area contributed by atoms with E-state index in [-0.39, 0.29) is 22.8 Å². The van der Waals surface area contributed by atoms with E-state index in [2.05, 4.69) is 10.5 Å². The van der Waals surface area contributed by atoms with Gasteiger partial charge in [0.1, 0.15) is 0 Å². The second-order valence-electron chi connectivity index (χ2n) is 3.25. The summed E-state index contributed by atoms with van der Waals surface area (Å²) >= 11 is 5.68. The molecule has 1 aromatic rings. The van der Waals surface area contributed by atoms with E-state index in [0.29, 0.717) is 5.69 Å². The summed E-state index contributed by atoms with van der Waals surface area (Å²) in [4.78, 5) is 20.7. The smallest absolute Gasteiger partial charge is 0.363 e. The summed E-state index contributed by atoms with van der Waals surface area (Å²) in [5, 5.41) is 23.0. The minimum absolute atomic E-state index is 0.0852. The van der Waals surface area contributed by atoms with Crippen LogP contribution in [-0.4, -0.2) is 21.8 Å². The fraction of sp³-hybridized carbons (Fsp3) is 0.200. The molecule has 0 amide bonds. The molecular formula is C10H10ClN3O4. The van der Waals surface area contributed by atoms with Gasteiger partial charge in [0.05, 0.1) is 27.8 Å². The summed E-state index contributed by atoms with van der Waals surface area (Å²) in [5.41, 5.74) is 2.63. The Morgan fingerprint density at radius 1 is 1.61 bits per heavy atom. The van der Waals surface area contributed by atoms with Crippen LogP contribution in [0.3, 0.4) is 0 Å². The molecule has 0 spiro atoms. The van der Waals surface area contributed by atoms with Crippen molar-refractivity contribution >= 4 is 29.1 Å². The molecule has 1 aromatic carbocycles. The number of rotatable bonds is 4. The normalized spacial score (nSPS) is 11.1. The van der Waals surface area contributed by atoms with Gasteiger partial charge in [-0.25, -0.2) is 4.79 Å². The summed E-state index contributed by atoms with van der Waals surface area (Å²) in [5.74, 6) is -1.43. The van der Waals surface area contributed by atoms with E-state index in [1.54, 1.807) is 6.92 Å². The molecule has 8 heteroatoms. The van der Waals surface area contributed by atoms with Crippen molar-refractivity contribution in [3.63, 3.8) is 0 Å². The largest absolute Gasteiger partial charge is 0.478 e. The van der Waals surface area contributed by atoms with Crippen molar-refractivity contribution in [2.75, 3.05) is 5.43 Å². The predicted molar refractivity (Wildman–Crippen MR) is 66.8 cm³/mol. The second-order valence-corrected chi connectivity index (χ2v) is 3.66. The van der Waals surface area contributed by atoms with E-state index in [1.165, 1.54) is 18.2 Å². The average Bonchev–Trinajstić information content (AvgIpc) is 2.31. The number of nitro groups is 1. The quantitative estimate of drug-likeness (QED) is 0.379. The molecule has 1 rings (SSSR count). The van der Waals surface area contributed by atoms with E-state index in [9.17, 15) is 14.9 Å². The van der Waals surface area contributed by atoms with Gasteiger partial charge >= 0.3 is 11.8 Å². The van der Waals surface area contributed by atoms with Gasteiger partial charge < -0.3 is 15.2 Å². The van der Waals surface area contributed by atoms with Gasteiger partial charge in [0.15, 0.2) is 0 Å². The molecule has 0 aromatic heterocycles. The molecule has 2 N–H and O–H groups in total. The second kappa shape index (κ2) is 5.97. The van der Waals surface area contributed by atoms with E-state index in [0.717, 1.165) is 0 Å². The monoisotopic (exact) mass is 271 g/mol. The zero-order chi connectivity index (χ0) is 13.7. The number of hydrazone groups is 1. The number of aromatic carboxylic acids is 1. The maximum Gasteiger partial charge on any atom is 0.363 e. The minimum Gasteiger partial charge on any atom is -0.478 e. The van der Waals surface area contributed by atoms with E-state index >= 15 is 0 Å².